The maximum absolute atomic E-state index is 11.9. The lowest BCUT2D eigenvalue weighted by Crippen LogP contribution is -2.16. The first-order chi connectivity index (χ1) is 12.7. The van der Waals surface area contributed by atoms with E-state index in [1.54, 1.807) is 12.1 Å². The minimum Gasteiger partial charge on any atom is -0.356 e. The number of nitrogens with one attached hydrogen (secondary N) is 2. The lowest BCUT2D eigenvalue weighted by molar-refractivity contribution is 0.362. The van der Waals surface area contributed by atoms with Crippen molar-refractivity contribution in [3.8, 4) is 11.5 Å². The summed E-state index contributed by atoms with van der Waals surface area (Å²) >= 11 is 1.52. The number of anilines is 1. The van der Waals surface area contributed by atoms with Gasteiger partial charge in [-0.15, -0.1) is 11.3 Å². The van der Waals surface area contributed by atoms with Crippen molar-refractivity contribution in [3.63, 3.8) is 0 Å². The lowest BCUT2D eigenvalue weighted by atomic mass is 10.1. The summed E-state index contributed by atoms with van der Waals surface area (Å²) in [5.74, 6) is 1.35. The minimum atomic E-state index is -0.349. The van der Waals surface area contributed by atoms with Gasteiger partial charge in [0.2, 0.25) is 11.7 Å². The molecule has 1 aromatic carbocycles. The highest BCUT2D eigenvalue weighted by Crippen LogP contribution is 2.26. The molecule has 0 saturated heterocycles. The van der Waals surface area contributed by atoms with E-state index in [1.807, 2.05) is 24.4 Å². The van der Waals surface area contributed by atoms with Crippen LogP contribution in [0.5, 0.6) is 0 Å². The van der Waals surface area contributed by atoms with Gasteiger partial charge in [-0.1, -0.05) is 30.3 Å². The first-order valence-electron chi connectivity index (χ1n) is 7.95. The average molecular weight is 367 g/mol. The van der Waals surface area contributed by atoms with Gasteiger partial charge in [0, 0.05) is 10.8 Å². The zero-order valence-electron chi connectivity index (χ0n) is 13.9. The van der Waals surface area contributed by atoms with Gasteiger partial charge in [-0.3, -0.25) is 4.79 Å². The number of H-pyrrole nitrogens is 1. The molecule has 0 saturated carbocycles. The van der Waals surface area contributed by atoms with E-state index in [0.717, 1.165) is 5.01 Å². The third-order valence-corrected chi connectivity index (χ3v) is 4.66. The Bertz CT molecular complexity index is 1120. The molecule has 0 spiro atoms. The summed E-state index contributed by atoms with van der Waals surface area (Å²) in [6.07, 6.45) is 0.451. The van der Waals surface area contributed by atoms with Gasteiger partial charge in [0.1, 0.15) is 11.7 Å². The van der Waals surface area contributed by atoms with Crippen LogP contribution in [0.2, 0.25) is 0 Å². The Morgan fingerprint density at radius 3 is 2.85 bits per heavy atom. The van der Waals surface area contributed by atoms with Crippen LogP contribution < -0.4 is 10.9 Å². The predicted molar refractivity (Wildman–Crippen MR) is 98.8 cm³/mol. The molecule has 9 heteroatoms. The van der Waals surface area contributed by atoms with Crippen molar-refractivity contribution >= 4 is 27.9 Å². The Morgan fingerprint density at radius 1 is 1.31 bits per heavy atom. The first-order valence-corrected chi connectivity index (χ1v) is 8.83. The van der Waals surface area contributed by atoms with E-state index in [1.165, 1.54) is 11.3 Å². The van der Waals surface area contributed by atoms with E-state index in [0.29, 0.717) is 40.4 Å². The number of aromatic nitrogens is 5. The summed E-state index contributed by atoms with van der Waals surface area (Å²) < 4.78 is 5.39. The molecule has 0 amide bonds. The highest BCUT2D eigenvalue weighted by molar-refractivity contribution is 7.09. The summed E-state index contributed by atoms with van der Waals surface area (Å²) in [6.45, 7) is 5.86. The van der Waals surface area contributed by atoms with E-state index in [-0.39, 0.29) is 11.6 Å². The molecule has 1 unspecified atom stereocenters. The van der Waals surface area contributed by atoms with Gasteiger partial charge in [-0.2, -0.15) is 10.1 Å². The summed E-state index contributed by atoms with van der Waals surface area (Å²) in [5, 5.41) is 17.9. The fourth-order valence-corrected chi connectivity index (χ4v) is 3.19. The molecule has 0 bridgehead atoms. The largest absolute Gasteiger partial charge is 0.356 e. The van der Waals surface area contributed by atoms with Gasteiger partial charge < -0.3 is 9.84 Å². The number of aromatic amines is 1. The molecule has 26 heavy (non-hydrogen) atoms. The highest BCUT2D eigenvalue weighted by atomic mass is 32.1. The predicted octanol–water partition coefficient (Wildman–Crippen LogP) is 3.12. The highest BCUT2D eigenvalue weighted by Gasteiger charge is 2.20. The monoisotopic (exact) mass is 367 g/mol. The van der Waals surface area contributed by atoms with E-state index < -0.39 is 0 Å². The molecule has 3 heterocycles. The molecule has 8 nitrogen and oxygen atoms in total. The summed E-state index contributed by atoms with van der Waals surface area (Å²) in [5.41, 5.74) is 0.439. The number of hydrogen-bond donors (Lipinski definition) is 2. The van der Waals surface area contributed by atoms with Crippen molar-refractivity contribution in [1.29, 1.82) is 0 Å². The van der Waals surface area contributed by atoms with Crippen LogP contribution in [0.1, 0.15) is 23.4 Å². The topological polar surface area (TPSA) is 110 Å². The Balaban J connectivity index is 1.66. The maximum atomic E-state index is 11.9. The van der Waals surface area contributed by atoms with Crippen LogP contribution in [-0.2, 0) is 0 Å². The third kappa shape index (κ3) is 2.97. The second-order valence-electron chi connectivity index (χ2n) is 5.64. The van der Waals surface area contributed by atoms with Crippen LogP contribution in [-0.4, -0.2) is 25.3 Å². The second-order valence-corrected chi connectivity index (χ2v) is 6.70. The number of benzene rings is 1. The van der Waals surface area contributed by atoms with Crippen molar-refractivity contribution in [3.05, 3.63) is 57.8 Å². The molecular formula is C17H15N6O2S. The number of rotatable bonds is 5. The number of fused-ring (bicyclic) bond motifs is 1. The molecule has 1 radical (unpaired) electrons. The first kappa shape index (κ1) is 16.4. The van der Waals surface area contributed by atoms with E-state index in [9.17, 15) is 4.79 Å². The molecular weight excluding hydrogens is 352 g/mol. The molecule has 0 aliphatic rings. The van der Waals surface area contributed by atoms with Crippen LogP contribution in [0.25, 0.3) is 22.3 Å². The molecule has 4 rings (SSSR count). The Kier molecular flexibility index (Phi) is 4.21. The number of thiazole rings is 1. The van der Waals surface area contributed by atoms with Crippen molar-refractivity contribution in [1.82, 2.24) is 25.3 Å². The van der Waals surface area contributed by atoms with Crippen LogP contribution in [0.15, 0.2) is 39.0 Å². The van der Waals surface area contributed by atoms with Gasteiger partial charge in [0.25, 0.3) is 5.56 Å². The Labute approximate surface area is 152 Å². The molecule has 2 N–H and O–H groups in total. The van der Waals surface area contributed by atoms with Crippen LogP contribution >= 0.6 is 11.3 Å². The lowest BCUT2D eigenvalue weighted by Gasteiger charge is -2.14. The number of aryl methyl sites for hydroxylation is 1. The van der Waals surface area contributed by atoms with Gasteiger partial charge in [0.05, 0.1) is 10.4 Å². The maximum Gasteiger partial charge on any atom is 0.272 e. The number of nitrogens with zero attached hydrogens (tertiary/aromatic N) is 4. The Hall–Kier alpha value is -3.07. The van der Waals surface area contributed by atoms with E-state index in [2.05, 4.69) is 37.6 Å². The molecule has 1 atom stereocenters. The van der Waals surface area contributed by atoms with Gasteiger partial charge in [-0.25, -0.2) is 10.1 Å². The molecule has 4 aromatic rings. The van der Waals surface area contributed by atoms with E-state index in [4.69, 9.17) is 4.52 Å². The molecule has 0 fully saturated rings. The Morgan fingerprint density at radius 2 is 2.12 bits per heavy atom. The van der Waals surface area contributed by atoms with Crippen molar-refractivity contribution < 1.29 is 4.52 Å². The second kappa shape index (κ2) is 6.68. The summed E-state index contributed by atoms with van der Waals surface area (Å²) in [6, 6.07) is 6.88. The summed E-state index contributed by atoms with van der Waals surface area (Å²) in [7, 11) is 0. The average Bonchev–Trinajstić information content (AvgIpc) is 3.31. The number of hydrogen-bond acceptors (Lipinski definition) is 8. The fourth-order valence-electron chi connectivity index (χ4n) is 2.59. The molecule has 131 valence electrons. The quantitative estimate of drug-likeness (QED) is 0.557. The zero-order chi connectivity index (χ0) is 18.1. The molecule has 0 aliphatic carbocycles. The van der Waals surface area contributed by atoms with Crippen molar-refractivity contribution in [2.75, 3.05) is 5.32 Å². The van der Waals surface area contributed by atoms with Gasteiger partial charge in [0.15, 0.2) is 5.82 Å². The zero-order valence-corrected chi connectivity index (χ0v) is 14.7. The van der Waals surface area contributed by atoms with Crippen LogP contribution in [0.3, 0.4) is 0 Å². The van der Waals surface area contributed by atoms with Crippen LogP contribution in [0.4, 0.5) is 5.82 Å². The van der Waals surface area contributed by atoms with Crippen molar-refractivity contribution in [2.45, 2.75) is 19.4 Å². The smallest absolute Gasteiger partial charge is 0.272 e. The third-order valence-electron chi connectivity index (χ3n) is 3.88. The fraction of sp³-hybridized carbons (Fsp3) is 0.176. The standard InChI is InChI=1S/C17H15N6O2S/c1-3-12(17-20-15(23-25-17)13-8-26-9(2)18-13)19-14-10-6-4-5-7-11(10)16(24)22-21-14/h4-8,12H,1,3H2,2H3,(H,19,21)(H,22,24). The molecule has 3 aromatic heterocycles. The van der Waals surface area contributed by atoms with Gasteiger partial charge >= 0.3 is 0 Å². The van der Waals surface area contributed by atoms with E-state index >= 15 is 0 Å². The normalized spacial score (nSPS) is 12.4. The van der Waals surface area contributed by atoms with Crippen LogP contribution in [0, 0.1) is 13.8 Å². The van der Waals surface area contributed by atoms with Crippen molar-refractivity contribution in [2.24, 2.45) is 0 Å². The van der Waals surface area contributed by atoms with Gasteiger partial charge in [-0.05, 0) is 19.4 Å². The molecule has 0 aliphatic heterocycles. The summed E-state index contributed by atoms with van der Waals surface area (Å²) in [4.78, 5) is 20.7. The minimum absolute atomic E-state index is 0.240. The SMILES string of the molecule is [CH2]CC(Nc1n[nH]c(=O)c2ccccc12)c1nc(-c2csc(C)n2)no1.